The molecule has 0 aromatic rings. The third-order valence-corrected chi connectivity index (χ3v) is 4.35. The molecule has 0 aromatic heterocycles. The van der Waals surface area contributed by atoms with Gasteiger partial charge >= 0.3 is 0 Å². The number of likely N-dealkylation sites (tertiary alicyclic amines) is 1. The van der Waals surface area contributed by atoms with Crippen molar-refractivity contribution in [1.29, 1.82) is 0 Å². The van der Waals surface area contributed by atoms with Gasteiger partial charge in [0.2, 0.25) is 0 Å². The average Bonchev–Trinajstić information content (AvgIpc) is 2.55. The molecule has 0 saturated carbocycles. The highest BCUT2D eigenvalue weighted by Gasteiger charge is 2.22. The second kappa shape index (κ2) is 6.72. The van der Waals surface area contributed by atoms with E-state index < -0.39 is 0 Å². The Labute approximate surface area is 107 Å². The Hall–Kier alpha value is -0.120. The van der Waals surface area contributed by atoms with Gasteiger partial charge in [-0.3, -0.25) is 0 Å². The highest BCUT2D eigenvalue weighted by atomic mass is 15.2. The van der Waals surface area contributed by atoms with Gasteiger partial charge in [-0.1, -0.05) is 6.92 Å². The number of rotatable bonds is 3. The smallest absolute Gasteiger partial charge is 0.0166 e. The lowest BCUT2D eigenvalue weighted by atomic mass is 9.96. The fraction of sp³-hybridized carbons (Fsp3) is 1.00. The highest BCUT2D eigenvalue weighted by Crippen LogP contribution is 2.18. The summed E-state index contributed by atoms with van der Waals surface area (Å²) in [7, 11) is 0. The van der Waals surface area contributed by atoms with Crippen molar-refractivity contribution in [3.8, 4) is 0 Å². The van der Waals surface area contributed by atoms with Crippen LogP contribution in [0.2, 0.25) is 0 Å². The maximum atomic E-state index is 3.58. The number of nitrogens with zero attached hydrogens (tertiary/aromatic N) is 2. The van der Waals surface area contributed by atoms with E-state index in [0.29, 0.717) is 6.04 Å². The van der Waals surface area contributed by atoms with Crippen LogP contribution >= 0.6 is 0 Å². The minimum absolute atomic E-state index is 0.674. The van der Waals surface area contributed by atoms with Crippen LogP contribution in [0.3, 0.4) is 0 Å². The van der Waals surface area contributed by atoms with E-state index in [0.717, 1.165) is 5.92 Å². The Bertz CT molecular complexity index is 212. The molecule has 1 N–H and O–H groups in total. The molecule has 2 fully saturated rings. The van der Waals surface area contributed by atoms with E-state index in [2.05, 4.69) is 29.0 Å². The van der Waals surface area contributed by atoms with Crippen molar-refractivity contribution >= 4 is 0 Å². The number of piperidine rings is 1. The summed E-state index contributed by atoms with van der Waals surface area (Å²) in [5, 5.41) is 3.58. The van der Waals surface area contributed by atoms with Crippen molar-refractivity contribution in [2.45, 2.75) is 39.2 Å². The summed E-state index contributed by atoms with van der Waals surface area (Å²) in [5.74, 6) is 0.947. The summed E-state index contributed by atoms with van der Waals surface area (Å²) in [5.41, 5.74) is 0. The van der Waals surface area contributed by atoms with Gasteiger partial charge in [0.25, 0.3) is 0 Å². The lowest BCUT2D eigenvalue weighted by Gasteiger charge is -2.34. The summed E-state index contributed by atoms with van der Waals surface area (Å²) in [4.78, 5) is 5.28. The quantitative estimate of drug-likeness (QED) is 0.803. The van der Waals surface area contributed by atoms with Crippen LogP contribution in [0.4, 0.5) is 0 Å². The van der Waals surface area contributed by atoms with E-state index in [9.17, 15) is 0 Å². The molecule has 0 amide bonds. The van der Waals surface area contributed by atoms with Gasteiger partial charge in [-0.05, 0) is 64.8 Å². The molecule has 1 atom stereocenters. The van der Waals surface area contributed by atoms with Crippen LogP contribution in [0.1, 0.15) is 33.1 Å². The van der Waals surface area contributed by atoms with E-state index in [-0.39, 0.29) is 0 Å². The molecule has 0 aliphatic carbocycles. The van der Waals surface area contributed by atoms with Gasteiger partial charge in [0.1, 0.15) is 0 Å². The first-order valence-corrected chi connectivity index (χ1v) is 7.46. The molecule has 100 valence electrons. The highest BCUT2D eigenvalue weighted by molar-refractivity contribution is 4.78. The lowest BCUT2D eigenvalue weighted by Crippen LogP contribution is -2.41. The van der Waals surface area contributed by atoms with Crippen molar-refractivity contribution in [2.24, 2.45) is 5.92 Å². The van der Waals surface area contributed by atoms with Gasteiger partial charge in [-0.2, -0.15) is 0 Å². The van der Waals surface area contributed by atoms with Gasteiger partial charge in [0.05, 0.1) is 0 Å². The molecule has 3 nitrogen and oxygen atoms in total. The molecule has 2 saturated heterocycles. The van der Waals surface area contributed by atoms with Gasteiger partial charge in [-0.25, -0.2) is 0 Å². The molecule has 0 spiro atoms. The van der Waals surface area contributed by atoms with Crippen LogP contribution in [0, 0.1) is 5.92 Å². The number of hydrogen-bond acceptors (Lipinski definition) is 3. The Morgan fingerprint density at radius 3 is 2.59 bits per heavy atom. The summed E-state index contributed by atoms with van der Waals surface area (Å²) in [6, 6.07) is 0.674. The predicted octanol–water partition coefficient (Wildman–Crippen LogP) is 1.40. The fourth-order valence-electron chi connectivity index (χ4n) is 3.21. The van der Waals surface area contributed by atoms with Crippen LogP contribution in [0.15, 0.2) is 0 Å². The van der Waals surface area contributed by atoms with E-state index in [1.165, 1.54) is 65.1 Å². The minimum Gasteiger partial charge on any atom is -0.313 e. The first kappa shape index (κ1) is 13.3. The van der Waals surface area contributed by atoms with Gasteiger partial charge in [-0.15, -0.1) is 0 Å². The predicted molar refractivity (Wildman–Crippen MR) is 73.4 cm³/mol. The summed E-state index contributed by atoms with van der Waals surface area (Å²) in [6.07, 6.45) is 4.14. The van der Waals surface area contributed by atoms with E-state index >= 15 is 0 Å². The van der Waals surface area contributed by atoms with Crippen LogP contribution in [-0.2, 0) is 0 Å². The van der Waals surface area contributed by atoms with E-state index in [4.69, 9.17) is 0 Å². The second-order valence-electron chi connectivity index (χ2n) is 5.85. The number of nitrogens with one attached hydrogen (secondary N) is 1. The maximum Gasteiger partial charge on any atom is 0.0166 e. The normalized spacial score (nSPS) is 30.4. The van der Waals surface area contributed by atoms with Crippen LogP contribution in [-0.4, -0.2) is 61.7 Å². The standard InChI is InChI=1S/C14H29N3/c1-3-16-9-5-14(6-10-16)12-17-8-4-7-15-13(2)11-17/h13-15H,3-12H2,1-2H3. The summed E-state index contributed by atoms with van der Waals surface area (Å²) < 4.78 is 0. The Morgan fingerprint density at radius 2 is 1.88 bits per heavy atom. The maximum absolute atomic E-state index is 3.58. The first-order valence-electron chi connectivity index (χ1n) is 7.46. The van der Waals surface area contributed by atoms with Crippen LogP contribution < -0.4 is 5.32 Å². The van der Waals surface area contributed by atoms with Gasteiger partial charge in [0, 0.05) is 19.1 Å². The second-order valence-corrected chi connectivity index (χ2v) is 5.85. The van der Waals surface area contributed by atoms with Gasteiger partial charge in [0.15, 0.2) is 0 Å². The Balaban J connectivity index is 1.73. The Morgan fingerprint density at radius 1 is 1.12 bits per heavy atom. The monoisotopic (exact) mass is 239 g/mol. The molecular weight excluding hydrogens is 210 g/mol. The van der Waals surface area contributed by atoms with Crippen molar-refractivity contribution in [1.82, 2.24) is 15.1 Å². The molecule has 2 aliphatic rings. The van der Waals surface area contributed by atoms with Crippen LogP contribution in [0.5, 0.6) is 0 Å². The lowest BCUT2D eigenvalue weighted by molar-refractivity contribution is 0.147. The third-order valence-electron chi connectivity index (χ3n) is 4.35. The zero-order chi connectivity index (χ0) is 12.1. The van der Waals surface area contributed by atoms with Gasteiger partial charge < -0.3 is 15.1 Å². The van der Waals surface area contributed by atoms with Crippen molar-refractivity contribution in [3.63, 3.8) is 0 Å². The zero-order valence-corrected chi connectivity index (χ0v) is 11.6. The topological polar surface area (TPSA) is 18.5 Å². The fourth-order valence-corrected chi connectivity index (χ4v) is 3.21. The molecular formula is C14H29N3. The Kier molecular flexibility index (Phi) is 5.26. The van der Waals surface area contributed by atoms with Crippen LogP contribution in [0.25, 0.3) is 0 Å². The average molecular weight is 239 g/mol. The molecule has 0 radical (unpaired) electrons. The van der Waals surface area contributed by atoms with Crippen molar-refractivity contribution in [2.75, 3.05) is 45.8 Å². The van der Waals surface area contributed by atoms with Crippen molar-refractivity contribution < 1.29 is 0 Å². The zero-order valence-electron chi connectivity index (χ0n) is 11.6. The molecule has 0 aromatic carbocycles. The van der Waals surface area contributed by atoms with E-state index in [1.807, 2.05) is 0 Å². The molecule has 17 heavy (non-hydrogen) atoms. The molecule has 2 aliphatic heterocycles. The largest absolute Gasteiger partial charge is 0.313 e. The van der Waals surface area contributed by atoms with E-state index in [1.54, 1.807) is 0 Å². The summed E-state index contributed by atoms with van der Waals surface area (Å²) >= 11 is 0. The molecule has 1 unspecified atom stereocenters. The third kappa shape index (κ3) is 4.23. The number of hydrogen-bond donors (Lipinski definition) is 1. The molecule has 3 heteroatoms. The minimum atomic E-state index is 0.674. The summed E-state index contributed by atoms with van der Waals surface area (Å²) in [6.45, 7) is 13.6. The molecule has 2 heterocycles. The van der Waals surface area contributed by atoms with Crippen molar-refractivity contribution in [3.05, 3.63) is 0 Å². The SMILES string of the molecule is CCN1CCC(CN2CCCNC(C)C2)CC1. The molecule has 2 rings (SSSR count). The first-order chi connectivity index (χ1) is 8.28. The molecule has 0 bridgehead atoms.